The van der Waals surface area contributed by atoms with E-state index in [4.69, 9.17) is 4.74 Å². The maximum atomic E-state index is 11.5. The standard InChI is InChI=1S/C12H15NO2/c1-2-15-12(14)11-8-7-9-5-3-4-6-10(9)13-11/h3-6,11,13H,2,7-8H2,1H3/t11-/m1/s1. The molecule has 0 bridgehead atoms. The Kier molecular flexibility index (Phi) is 2.90. The van der Waals surface area contributed by atoms with Crippen LogP contribution in [0, 0.1) is 0 Å². The molecule has 0 aromatic heterocycles. The number of anilines is 1. The van der Waals surface area contributed by atoms with Gasteiger partial charge in [0.05, 0.1) is 6.61 Å². The number of carbonyl (C=O) groups excluding carboxylic acids is 1. The number of aryl methyl sites for hydroxylation is 1. The SMILES string of the molecule is CCOC(=O)[C@H]1CCc2ccccc2N1. The maximum absolute atomic E-state index is 11.5. The highest BCUT2D eigenvalue weighted by molar-refractivity contribution is 5.80. The number of ether oxygens (including phenoxy) is 1. The average molecular weight is 205 g/mol. The van der Waals surface area contributed by atoms with Crippen LogP contribution in [0.25, 0.3) is 0 Å². The van der Waals surface area contributed by atoms with E-state index in [2.05, 4.69) is 11.4 Å². The van der Waals surface area contributed by atoms with Gasteiger partial charge in [0, 0.05) is 5.69 Å². The predicted octanol–water partition coefficient (Wildman–Crippen LogP) is 1.98. The zero-order chi connectivity index (χ0) is 10.7. The van der Waals surface area contributed by atoms with Crippen molar-refractivity contribution in [1.29, 1.82) is 0 Å². The first-order valence-electron chi connectivity index (χ1n) is 5.32. The molecule has 80 valence electrons. The second-order valence-corrected chi connectivity index (χ2v) is 3.64. The van der Waals surface area contributed by atoms with Crippen molar-refractivity contribution in [3.63, 3.8) is 0 Å². The number of nitrogens with one attached hydrogen (secondary N) is 1. The van der Waals surface area contributed by atoms with Gasteiger partial charge in [-0.05, 0) is 31.4 Å². The molecule has 1 atom stereocenters. The number of hydrogen-bond acceptors (Lipinski definition) is 3. The van der Waals surface area contributed by atoms with Crippen molar-refractivity contribution >= 4 is 11.7 Å². The van der Waals surface area contributed by atoms with Gasteiger partial charge in [-0.2, -0.15) is 0 Å². The van der Waals surface area contributed by atoms with Gasteiger partial charge in [0.1, 0.15) is 6.04 Å². The van der Waals surface area contributed by atoms with Crippen molar-refractivity contribution in [3.8, 4) is 0 Å². The molecule has 1 aliphatic rings. The van der Waals surface area contributed by atoms with Gasteiger partial charge >= 0.3 is 5.97 Å². The third-order valence-electron chi connectivity index (χ3n) is 2.62. The lowest BCUT2D eigenvalue weighted by atomic mass is 9.98. The summed E-state index contributed by atoms with van der Waals surface area (Å²) in [5, 5.41) is 3.21. The first-order chi connectivity index (χ1) is 7.31. The largest absolute Gasteiger partial charge is 0.464 e. The lowest BCUT2D eigenvalue weighted by Crippen LogP contribution is -2.34. The summed E-state index contributed by atoms with van der Waals surface area (Å²) in [6.07, 6.45) is 1.75. The Morgan fingerprint density at radius 3 is 3.13 bits per heavy atom. The van der Waals surface area contributed by atoms with Crippen LogP contribution in [0.3, 0.4) is 0 Å². The van der Waals surface area contributed by atoms with Crippen LogP contribution >= 0.6 is 0 Å². The second-order valence-electron chi connectivity index (χ2n) is 3.64. The molecule has 0 fully saturated rings. The molecule has 3 heteroatoms. The third kappa shape index (κ3) is 2.12. The lowest BCUT2D eigenvalue weighted by Gasteiger charge is -2.25. The van der Waals surface area contributed by atoms with Crippen LogP contribution in [0.2, 0.25) is 0 Å². The highest BCUT2D eigenvalue weighted by Crippen LogP contribution is 2.24. The zero-order valence-electron chi connectivity index (χ0n) is 8.82. The van der Waals surface area contributed by atoms with Crippen LogP contribution in [0.5, 0.6) is 0 Å². The Balaban J connectivity index is 2.08. The van der Waals surface area contributed by atoms with Gasteiger partial charge < -0.3 is 10.1 Å². The highest BCUT2D eigenvalue weighted by atomic mass is 16.5. The van der Waals surface area contributed by atoms with E-state index in [0.29, 0.717) is 6.61 Å². The van der Waals surface area contributed by atoms with Crippen LogP contribution in [-0.2, 0) is 16.0 Å². The molecule has 1 aromatic rings. The molecule has 2 rings (SSSR count). The number of hydrogen-bond donors (Lipinski definition) is 1. The second kappa shape index (κ2) is 4.34. The minimum atomic E-state index is -0.181. The van der Waals surface area contributed by atoms with E-state index in [9.17, 15) is 4.79 Å². The lowest BCUT2D eigenvalue weighted by molar-refractivity contribution is -0.144. The molecule has 0 aliphatic carbocycles. The Labute approximate surface area is 89.4 Å². The van der Waals surface area contributed by atoms with Gasteiger partial charge in [0.15, 0.2) is 0 Å². The molecule has 0 saturated carbocycles. The molecular weight excluding hydrogens is 190 g/mol. The van der Waals surface area contributed by atoms with Crippen LogP contribution in [0.4, 0.5) is 5.69 Å². The van der Waals surface area contributed by atoms with Gasteiger partial charge in [-0.15, -0.1) is 0 Å². The van der Waals surface area contributed by atoms with E-state index in [1.165, 1.54) is 5.56 Å². The fourth-order valence-electron chi connectivity index (χ4n) is 1.86. The van der Waals surface area contributed by atoms with E-state index in [0.717, 1.165) is 18.5 Å². The Bertz CT molecular complexity index is 362. The molecule has 1 aliphatic heterocycles. The van der Waals surface area contributed by atoms with Gasteiger partial charge in [-0.1, -0.05) is 18.2 Å². The number of rotatable bonds is 2. The molecule has 15 heavy (non-hydrogen) atoms. The monoisotopic (exact) mass is 205 g/mol. The molecule has 0 radical (unpaired) electrons. The summed E-state index contributed by atoms with van der Waals surface area (Å²) in [6, 6.07) is 7.90. The molecule has 1 N–H and O–H groups in total. The maximum Gasteiger partial charge on any atom is 0.328 e. The zero-order valence-corrected chi connectivity index (χ0v) is 8.82. The molecule has 0 unspecified atom stereocenters. The molecule has 1 heterocycles. The summed E-state index contributed by atoms with van der Waals surface area (Å²) in [7, 11) is 0. The topological polar surface area (TPSA) is 38.3 Å². The molecule has 3 nitrogen and oxygen atoms in total. The van der Waals surface area contributed by atoms with E-state index in [1.807, 2.05) is 25.1 Å². The molecular formula is C12H15NO2. The number of esters is 1. The van der Waals surface area contributed by atoms with Crippen LogP contribution in [0.1, 0.15) is 18.9 Å². The molecule has 0 spiro atoms. The first kappa shape index (κ1) is 10.0. The normalized spacial score (nSPS) is 18.9. The summed E-state index contributed by atoms with van der Waals surface area (Å²) in [6.45, 7) is 2.27. The van der Waals surface area contributed by atoms with Crippen molar-refractivity contribution in [1.82, 2.24) is 0 Å². The van der Waals surface area contributed by atoms with Gasteiger partial charge in [0.2, 0.25) is 0 Å². The van der Waals surface area contributed by atoms with Crippen molar-refractivity contribution in [2.24, 2.45) is 0 Å². The van der Waals surface area contributed by atoms with Crippen molar-refractivity contribution in [2.75, 3.05) is 11.9 Å². The van der Waals surface area contributed by atoms with Gasteiger partial charge in [-0.25, -0.2) is 4.79 Å². The summed E-state index contributed by atoms with van der Waals surface area (Å²) in [4.78, 5) is 11.5. The fourth-order valence-corrected chi connectivity index (χ4v) is 1.86. The number of benzene rings is 1. The average Bonchev–Trinajstić information content (AvgIpc) is 2.29. The predicted molar refractivity (Wildman–Crippen MR) is 58.8 cm³/mol. The number of fused-ring (bicyclic) bond motifs is 1. The Morgan fingerprint density at radius 1 is 1.53 bits per heavy atom. The Morgan fingerprint density at radius 2 is 2.33 bits per heavy atom. The van der Waals surface area contributed by atoms with Crippen molar-refractivity contribution < 1.29 is 9.53 Å². The third-order valence-corrected chi connectivity index (χ3v) is 2.62. The van der Waals surface area contributed by atoms with E-state index in [-0.39, 0.29) is 12.0 Å². The first-order valence-corrected chi connectivity index (χ1v) is 5.32. The quantitative estimate of drug-likeness (QED) is 0.750. The summed E-state index contributed by atoms with van der Waals surface area (Å²) in [5.41, 5.74) is 2.33. The minimum Gasteiger partial charge on any atom is -0.464 e. The van der Waals surface area contributed by atoms with Crippen LogP contribution in [0.15, 0.2) is 24.3 Å². The number of para-hydroxylation sites is 1. The minimum absolute atomic E-state index is 0.146. The molecule has 1 aromatic carbocycles. The molecule has 0 saturated heterocycles. The smallest absolute Gasteiger partial charge is 0.328 e. The van der Waals surface area contributed by atoms with Crippen molar-refractivity contribution in [3.05, 3.63) is 29.8 Å². The van der Waals surface area contributed by atoms with E-state index in [1.54, 1.807) is 0 Å². The fraction of sp³-hybridized carbons (Fsp3) is 0.417. The Hall–Kier alpha value is -1.51. The summed E-state index contributed by atoms with van der Waals surface area (Å²) >= 11 is 0. The van der Waals surface area contributed by atoms with Crippen LogP contribution < -0.4 is 5.32 Å². The molecule has 0 amide bonds. The van der Waals surface area contributed by atoms with Gasteiger partial charge in [0.25, 0.3) is 0 Å². The van der Waals surface area contributed by atoms with E-state index >= 15 is 0 Å². The van der Waals surface area contributed by atoms with Gasteiger partial charge in [-0.3, -0.25) is 0 Å². The van der Waals surface area contributed by atoms with E-state index < -0.39 is 0 Å². The van der Waals surface area contributed by atoms with Crippen molar-refractivity contribution in [2.45, 2.75) is 25.8 Å². The highest BCUT2D eigenvalue weighted by Gasteiger charge is 2.24. The summed E-state index contributed by atoms with van der Waals surface area (Å²) in [5.74, 6) is -0.146. The summed E-state index contributed by atoms with van der Waals surface area (Å²) < 4.78 is 4.99. The van der Waals surface area contributed by atoms with Crippen LogP contribution in [-0.4, -0.2) is 18.6 Å². The number of carbonyl (C=O) groups is 1.